The Morgan fingerprint density at radius 1 is 1.47 bits per heavy atom. The molecule has 17 heavy (non-hydrogen) atoms. The van der Waals surface area contributed by atoms with Crippen molar-refractivity contribution in [2.45, 2.75) is 44.9 Å². The van der Waals surface area contributed by atoms with E-state index >= 15 is 0 Å². The highest BCUT2D eigenvalue weighted by molar-refractivity contribution is 7.80. The third-order valence-corrected chi connectivity index (χ3v) is 3.41. The minimum atomic E-state index is -4.41. The van der Waals surface area contributed by atoms with Crippen LogP contribution in [0.1, 0.15) is 32.6 Å². The summed E-state index contributed by atoms with van der Waals surface area (Å²) in [5.41, 5.74) is 5.10. The van der Waals surface area contributed by atoms with Gasteiger partial charge < -0.3 is 10.5 Å². The topological polar surface area (TPSA) is 35.2 Å². The molecular weight excluding hydrogens is 251 g/mol. The van der Waals surface area contributed by atoms with Crippen molar-refractivity contribution in [3.05, 3.63) is 0 Å². The molecule has 0 aromatic heterocycles. The zero-order valence-corrected chi connectivity index (χ0v) is 10.6. The van der Waals surface area contributed by atoms with Crippen LogP contribution in [0.4, 0.5) is 13.2 Å². The summed E-state index contributed by atoms with van der Waals surface area (Å²) in [5.74, 6) is -1.31. The lowest BCUT2D eigenvalue weighted by Crippen LogP contribution is -2.39. The molecule has 6 heteroatoms. The van der Waals surface area contributed by atoms with Crippen LogP contribution in [0, 0.1) is 11.8 Å². The fourth-order valence-electron chi connectivity index (χ4n) is 2.10. The fourth-order valence-corrected chi connectivity index (χ4v) is 2.30. The SMILES string of the molecule is CC1CCCC(OCC(C(N)=S)C(F)(F)F)C1. The van der Waals surface area contributed by atoms with Gasteiger partial charge in [0.1, 0.15) is 5.92 Å². The van der Waals surface area contributed by atoms with Crippen LogP contribution in [0.2, 0.25) is 0 Å². The average Bonchev–Trinajstić information content (AvgIpc) is 2.15. The first-order valence-corrected chi connectivity index (χ1v) is 6.19. The Bertz CT molecular complexity index is 270. The van der Waals surface area contributed by atoms with Crippen molar-refractivity contribution in [3.63, 3.8) is 0 Å². The molecule has 1 aliphatic rings. The number of rotatable bonds is 4. The molecule has 0 aromatic rings. The van der Waals surface area contributed by atoms with Gasteiger partial charge in [-0.25, -0.2) is 0 Å². The monoisotopic (exact) mass is 269 g/mol. The summed E-state index contributed by atoms with van der Waals surface area (Å²) in [7, 11) is 0. The van der Waals surface area contributed by atoms with E-state index in [2.05, 4.69) is 19.1 Å². The second-order valence-corrected chi connectivity index (χ2v) is 5.20. The van der Waals surface area contributed by atoms with Crippen LogP contribution in [-0.4, -0.2) is 23.9 Å². The van der Waals surface area contributed by atoms with Crippen molar-refractivity contribution in [2.24, 2.45) is 17.6 Å². The molecule has 3 atom stereocenters. The number of alkyl halides is 3. The number of thiocarbonyl (C=S) groups is 1. The number of halogens is 3. The third-order valence-electron chi connectivity index (χ3n) is 3.13. The predicted octanol–water partition coefficient (Wildman–Crippen LogP) is 3.05. The lowest BCUT2D eigenvalue weighted by molar-refractivity contribution is -0.173. The van der Waals surface area contributed by atoms with Crippen LogP contribution < -0.4 is 5.73 Å². The molecule has 0 heterocycles. The van der Waals surface area contributed by atoms with Crippen LogP contribution in [0.15, 0.2) is 0 Å². The molecule has 0 saturated heterocycles. The van der Waals surface area contributed by atoms with Gasteiger partial charge in [0.25, 0.3) is 0 Å². The van der Waals surface area contributed by atoms with E-state index < -0.39 is 23.7 Å². The van der Waals surface area contributed by atoms with Gasteiger partial charge in [-0.05, 0) is 18.8 Å². The van der Waals surface area contributed by atoms with Crippen LogP contribution in [0.5, 0.6) is 0 Å². The first-order chi connectivity index (χ1) is 7.80. The van der Waals surface area contributed by atoms with Gasteiger partial charge in [0, 0.05) is 0 Å². The van der Waals surface area contributed by atoms with Gasteiger partial charge in [0.05, 0.1) is 17.7 Å². The molecule has 0 radical (unpaired) electrons. The van der Waals surface area contributed by atoms with E-state index in [0.717, 1.165) is 25.7 Å². The number of ether oxygens (including phenoxy) is 1. The van der Waals surface area contributed by atoms with E-state index in [-0.39, 0.29) is 6.10 Å². The normalized spacial score (nSPS) is 27.8. The maximum absolute atomic E-state index is 12.6. The van der Waals surface area contributed by atoms with Crippen LogP contribution >= 0.6 is 12.2 Å². The van der Waals surface area contributed by atoms with E-state index in [1.807, 2.05) is 0 Å². The lowest BCUT2D eigenvalue weighted by Gasteiger charge is -2.28. The molecule has 100 valence electrons. The number of hydrogen-bond acceptors (Lipinski definition) is 2. The largest absolute Gasteiger partial charge is 0.400 e. The van der Waals surface area contributed by atoms with Crippen LogP contribution in [0.25, 0.3) is 0 Å². The second kappa shape index (κ2) is 6.00. The Morgan fingerprint density at radius 2 is 2.12 bits per heavy atom. The maximum Gasteiger partial charge on any atom is 0.400 e. The zero-order chi connectivity index (χ0) is 13.1. The highest BCUT2D eigenvalue weighted by Crippen LogP contribution is 2.30. The van der Waals surface area contributed by atoms with Crippen molar-refractivity contribution in [3.8, 4) is 0 Å². The third kappa shape index (κ3) is 4.79. The molecule has 0 aromatic carbocycles. The van der Waals surface area contributed by atoms with Gasteiger partial charge in [-0.1, -0.05) is 32.0 Å². The van der Waals surface area contributed by atoms with Gasteiger partial charge in [-0.2, -0.15) is 13.2 Å². The predicted molar refractivity (Wildman–Crippen MR) is 63.7 cm³/mol. The maximum atomic E-state index is 12.6. The van der Waals surface area contributed by atoms with Crippen molar-refractivity contribution >= 4 is 17.2 Å². The minimum absolute atomic E-state index is 0.0852. The van der Waals surface area contributed by atoms with Crippen molar-refractivity contribution in [1.82, 2.24) is 0 Å². The van der Waals surface area contributed by atoms with E-state index in [1.54, 1.807) is 0 Å². The van der Waals surface area contributed by atoms with E-state index in [4.69, 9.17) is 10.5 Å². The zero-order valence-electron chi connectivity index (χ0n) is 9.80. The van der Waals surface area contributed by atoms with Gasteiger partial charge in [0.15, 0.2) is 0 Å². The van der Waals surface area contributed by atoms with Crippen molar-refractivity contribution in [1.29, 1.82) is 0 Å². The molecule has 1 aliphatic carbocycles. The molecule has 0 spiro atoms. The first-order valence-electron chi connectivity index (χ1n) is 5.78. The van der Waals surface area contributed by atoms with Crippen molar-refractivity contribution < 1.29 is 17.9 Å². The molecule has 2 nitrogen and oxygen atoms in total. The summed E-state index contributed by atoms with van der Waals surface area (Å²) in [5, 5.41) is 0. The number of nitrogens with two attached hydrogens (primary N) is 1. The molecule has 0 aliphatic heterocycles. The standard InChI is InChI=1S/C11H18F3NOS/c1-7-3-2-4-8(5-7)16-6-9(10(15)17)11(12,13)14/h7-9H,2-6H2,1H3,(H2,15,17). The van der Waals surface area contributed by atoms with Gasteiger partial charge >= 0.3 is 6.18 Å². The Balaban J connectivity index is 2.44. The molecule has 2 N–H and O–H groups in total. The summed E-state index contributed by atoms with van der Waals surface area (Å²) in [4.78, 5) is -0.540. The Hall–Kier alpha value is -0.360. The molecule has 1 rings (SSSR count). The Labute approximate surface area is 105 Å². The summed E-state index contributed by atoms with van der Waals surface area (Å²) in [6.07, 6.45) is -0.716. The quantitative estimate of drug-likeness (QED) is 0.797. The summed E-state index contributed by atoms with van der Waals surface area (Å²) in [6, 6.07) is 0. The van der Waals surface area contributed by atoms with Gasteiger partial charge in [0.2, 0.25) is 0 Å². The average molecular weight is 269 g/mol. The van der Waals surface area contributed by atoms with Gasteiger partial charge in [-0.15, -0.1) is 0 Å². The van der Waals surface area contributed by atoms with E-state index in [1.165, 1.54) is 0 Å². The smallest absolute Gasteiger partial charge is 0.393 e. The summed E-state index contributed by atoms with van der Waals surface area (Å²) in [6.45, 7) is 1.64. The lowest BCUT2D eigenvalue weighted by atomic mass is 9.88. The van der Waals surface area contributed by atoms with Crippen LogP contribution in [-0.2, 0) is 4.74 Å². The molecule has 1 fully saturated rings. The minimum Gasteiger partial charge on any atom is -0.393 e. The molecule has 0 amide bonds. The van der Waals surface area contributed by atoms with Crippen LogP contribution in [0.3, 0.4) is 0 Å². The van der Waals surface area contributed by atoms with Crippen molar-refractivity contribution in [2.75, 3.05) is 6.61 Å². The summed E-state index contributed by atoms with van der Waals surface area (Å²) < 4.78 is 43.0. The number of hydrogen-bond donors (Lipinski definition) is 1. The highest BCUT2D eigenvalue weighted by Gasteiger charge is 2.42. The molecular formula is C11H18F3NOS. The first kappa shape index (κ1) is 14.7. The highest BCUT2D eigenvalue weighted by atomic mass is 32.1. The summed E-state index contributed by atoms with van der Waals surface area (Å²) >= 11 is 4.43. The second-order valence-electron chi connectivity index (χ2n) is 4.72. The molecule has 3 unspecified atom stereocenters. The molecule has 1 saturated carbocycles. The van der Waals surface area contributed by atoms with E-state index in [9.17, 15) is 13.2 Å². The van der Waals surface area contributed by atoms with E-state index in [0.29, 0.717) is 5.92 Å². The molecule has 0 bridgehead atoms. The fraction of sp³-hybridized carbons (Fsp3) is 0.909. The Morgan fingerprint density at radius 3 is 2.59 bits per heavy atom. The Kier molecular flexibility index (Phi) is 5.19. The van der Waals surface area contributed by atoms with Gasteiger partial charge in [-0.3, -0.25) is 0 Å².